The van der Waals surface area contributed by atoms with Crippen LogP contribution in [0.5, 0.6) is 0 Å². The number of nitrogens with two attached hydrogens (primary N) is 1. The molecule has 1 rings (SSSR count). The number of carbonyl (C=O) groups is 1. The standard InChI is InChI=1S/C12H23N5O/c1-9(2)4-5-17-8-11(15-16-17)12(18)14-7-10(3)6-13/h8-10H,4-7,13H2,1-3H3,(H,14,18). The maximum atomic E-state index is 11.7. The third kappa shape index (κ3) is 4.83. The largest absolute Gasteiger partial charge is 0.350 e. The molecule has 0 fully saturated rings. The molecule has 0 bridgehead atoms. The summed E-state index contributed by atoms with van der Waals surface area (Å²) in [6.45, 7) is 8.20. The summed E-state index contributed by atoms with van der Waals surface area (Å²) in [6, 6.07) is 0. The van der Waals surface area contributed by atoms with Crippen LogP contribution in [-0.2, 0) is 6.54 Å². The van der Waals surface area contributed by atoms with Crippen molar-refractivity contribution in [2.45, 2.75) is 33.7 Å². The number of nitrogens with one attached hydrogen (secondary N) is 1. The first-order valence-corrected chi connectivity index (χ1v) is 6.41. The number of carbonyl (C=O) groups excluding carboxylic acids is 1. The van der Waals surface area contributed by atoms with E-state index < -0.39 is 0 Å². The third-order valence-electron chi connectivity index (χ3n) is 2.72. The van der Waals surface area contributed by atoms with Gasteiger partial charge >= 0.3 is 0 Å². The van der Waals surface area contributed by atoms with Gasteiger partial charge in [-0.15, -0.1) is 5.10 Å². The van der Waals surface area contributed by atoms with E-state index in [2.05, 4.69) is 29.5 Å². The quantitative estimate of drug-likeness (QED) is 0.747. The second-order valence-electron chi connectivity index (χ2n) is 5.10. The second kappa shape index (κ2) is 7.10. The molecule has 0 saturated heterocycles. The average molecular weight is 253 g/mol. The molecule has 1 amide bonds. The lowest BCUT2D eigenvalue weighted by Crippen LogP contribution is -2.31. The molecular formula is C12H23N5O. The van der Waals surface area contributed by atoms with Crippen molar-refractivity contribution in [3.63, 3.8) is 0 Å². The fourth-order valence-electron chi connectivity index (χ4n) is 1.34. The van der Waals surface area contributed by atoms with Crippen molar-refractivity contribution in [3.05, 3.63) is 11.9 Å². The van der Waals surface area contributed by atoms with E-state index in [9.17, 15) is 4.79 Å². The Morgan fingerprint density at radius 2 is 2.22 bits per heavy atom. The molecule has 0 radical (unpaired) electrons. The Kier molecular flexibility index (Phi) is 5.77. The van der Waals surface area contributed by atoms with Crippen LogP contribution in [0.15, 0.2) is 6.20 Å². The summed E-state index contributed by atoms with van der Waals surface area (Å²) in [5, 5.41) is 10.6. The first-order chi connectivity index (χ1) is 8.52. The Hall–Kier alpha value is -1.43. The molecule has 0 spiro atoms. The van der Waals surface area contributed by atoms with Crippen molar-refractivity contribution < 1.29 is 4.79 Å². The summed E-state index contributed by atoms with van der Waals surface area (Å²) >= 11 is 0. The fraction of sp³-hybridized carbons (Fsp3) is 0.750. The Bertz CT molecular complexity index is 374. The van der Waals surface area contributed by atoms with E-state index in [1.54, 1.807) is 10.9 Å². The summed E-state index contributed by atoms with van der Waals surface area (Å²) < 4.78 is 1.71. The number of rotatable bonds is 7. The molecule has 0 saturated carbocycles. The normalized spacial score (nSPS) is 12.7. The lowest BCUT2D eigenvalue weighted by atomic mass is 10.1. The van der Waals surface area contributed by atoms with E-state index in [1.165, 1.54) is 0 Å². The van der Waals surface area contributed by atoms with Crippen molar-refractivity contribution in [2.75, 3.05) is 13.1 Å². The molecule has 1 aromatic heterocycles. The highest BCUT2D eigenvalue weighted by Crippen LogP contribution is 2.02. The van der Waals surface area contributed by atoms with Gasteiger partial charge in [0.15, 0.2) is 5.69 Å². The van der Waals surface area contributed by atoms with Crippen molar-refractivity contribution in [3.8, 4) is 0 Å². The van der Waals surface area contributed by atoms with Crippen LogP contribution in [0.3, 0.4) is 0 Å². The molecule has 1 atom stereocenters. The molecule has 1 unspecified atom stereocenters. The van der Waals surface area contributed by atoms with Crippen LogP contribution in [0.4, 0.5) is 0 Å². The van der Waals surface area contributed by atoms with Crippen LogP contribution in [0.2, 0.25) is 0 Å². The van der Waals surface area contributed by atoms with Crippen molar-refractivity contribution in [2.24, 2.45) is 17.6 Å². The predicted octanol–water partition coefficient (Wildman–Crippen LogP) is 0.649. The molecule has 6 heteroatoms. The molecule has 0 aliphatic rings. The van der Waals surface area contributed by atoms with Gasteiger partial charge in [0.25, 0.3) is 5.91 Å². The van der Waals surface area contributed by atoms with Gasteiger partial charge in [0, 0.05) is 13.1 Å². The van der Waals surface area contributed by atoms with Gasteiger partial charge in [0.1, 0.15) is 0 Å². The van der Waals surface area contributed by atoms with Gasteiger partial charge in [-0.1, -0.05) is 26.0 Å². The smallest absolute Gasteiger partial charge is 0.273 e. The Labute approximate surface area is 108 Å². The minimum Gasteiger partial charge on any atom is -0.350 e. The van der Waals surface area contributed by atoms with Gasteiger partial charge in [-0.2, -0.15) is 0 Å². The number of aromatic nitrogens is 3. The predicted molar refractivity (Wildman–Crippen MR) is 70.0 cm³/mol. The summed E-state index contributed by atoms with van der Waals surface area (Å²) in [4.78, 5) is 11.7. The molecule has 0 aliphatic carbocycles. The number of hydrogen-bond acceptors (Lipinski definition) is 4. The van der Waals surface area contributed by atoms with E-state index in [4.69, 9.17) is 5.73 Å². The summed E-state index contributed by atoms with van der Waals surface area (Å²) in [6.07, 6.45) is 2.71. The molecule has 1 aromatic rings. The van der Waals surface area contributed by atoms with Gasteiger partial charge in [-0.3, -0.25) is 9.48 Å². The number of hydrogen-bond donors (Lipinski definition) is 2. The molecule has 6 nitrogen and oxygen atoms in total. The highest BCUT2D eigenvalue weighted by Gasteiger charge is 2.11. The summed E-state index contributed by atoms with van der Waals surface area (Å²) in [5.74, 6) is 0.688. The van der Waals surface area contributed by atoms with E-state index in [1.807, 2.05) is 6.92 Å². The van der Waals surface area contributed by atoms with Gasteiger partial charge in [0.05, 0.1) is 6.20 Å². The molecule has 18 heavy (non-hydrogen) atoms. The Morgan fingerprint density at radius 1 is 1.50 bits per heavy atom. The van der Waals surface area contributed by atoms with Crippen LogP contribution >= 0.6 is 0 Å². The minimum absolute atomic E-state index is 0.189. The topological polar surface area (TPSA) is 85.8 Å². The van der Waals surface area contributed by atoms with E-state index >= 15 is 0 Å². The van der Waals surface area contributed by atoms with Crippen LogP contribution in [0, 0.1) is 11.8 Å². The molecule has 0 aliphatic heterocycles. The summed E-state index contributed by atoms with van der Waals surface area (Å²) in [7, 11) is 0. The molecule has 0 aromatic carbocycles. The first kappa shape index (κ1) is 14.6. The first-order valence-electron chi connectivity index (χ1n) is 6.41. The number of aryl methyl sites for hydroxylation is 1. The van der Waals surface area contributed by atoms with Gasteiger partial charge < -0.3 is 11.1 Å². The zero-order valence-corrected chi connectivity index (χ0v) is 11.4. The fourth-order valence-corrected chi connectivity index (χ4v) is 1.34. The zero-order valence-electron chi connectivity index (χ0n) is 11.4. The van der Waals surface area contributed by atoms with Crippen LogP contribution < -0.4 is 11.1 Å². The van der Waals surface area contributed by atoms with Gasteiger partial charge in [-0.05, 0) is 24.8 Å². The SMILES string of the molecule is CC(C)CCn1cc(C(=O)NCC(C)CN)nn1. The number of nitrogens with zero attached hydrogens (tertiary/aromatic N) is 3. The maximum absolute atomic E-state index is 11.7. The lowest BCUT2D eigenvalue weighted by molar-refractivity contribution is 0.0943. The monoisotopic (exact) mass is 253 g/mol. The maximum Gasteiger partial charge on any atom is 0.273 e. The van der Waals surface area contributed by atoms with Crippen molar-refractivity contribution in [1.29, 1.82) is 0 Å². The van der Waals surface area contributed by atoms with E-state index in [0.717, 1.165) is 13.0 Å². The molecule has 3 N–H and O–H groups in total. The molecular weight excluding hydrogens is 230 g/mol. The summed E-state index contributed by atoms with van der Waals surface area (Å²) in [5.41, 5.74) is 5.85. The third-order valence-corrected chi connectivity index (χ3v) is 2.72. The Balaban J connectivity index is 2.44. The van der Waals surface area contributed by atoms with Crippen molar-refractivity contribution >= 4 is 5.91 Å². The molecule has 1 heterocycles. The zero-order chi connectivity index (χ0) is 13.5. The van der Waals surface area contributed by atoms with Gasteiger partial charge in [-0.25, -0.2) is 0 Å². The van der Waals surface area contributed by atoms with Crippen LogP contribution in [0.25, 0.3) is 0 Å². The van der Waals surface area contributed by atoms with Gasteiger partial charge in [0.2, 0.25) is 0 Å². The van der Waals surface area contributed by atoms with Crippen LogP contribution in [-0.4, -0.2) is 34.0 Å². The highest BCUT2D eigenvalue weighted by atomic mass is 16.2. The van der Waals surface area contributed by atoms with E-state index in [-0.39, 0.29) is 11.8 Å². The lowest BCUT2D eigenvalue weighted by Gasteiger charge is -2.08. The van der Waals surface area contributed by atoms with Crippen molar-refractivity contribution in [1.82, 2.24) is 20.3 Å². The number of amides is 1. The second-order valence-corrected chi connectivity index (χ2v) is 5.10. The highest BCUT2D eigenvalue weighted by molar-refractivity contribution is 5.91. The van der Waals surface area contributed by atoms with Crippen LogP contribution in [0.1, 0.15) is 37.7 Å². The average Bonchev–Trinajstić information content (AvgIpc) is 2.81. The van der Waals surface area contributed by atoms with E-state index in [0.29, 0.717) is 24.7 Å². The molecule has 102 valence electrons. The minimum atomic E-state index is -0.189. The Morgan fingerprint density at radius 3 is 2.83 bits per heavy atom.